The van der Waals surface area contributed by atoms with E-state index in [-0.39, 0.29) is 16.9 Å². The number of esters is 1. The molecule has 0 aliphatic carbocycles. The number of hydrogen-bond acceptors (Lipinski definition) is 4. The van der Waals surface area contributed by atoms with Gasteiger partial charge < -0.3 is 9.30 Å². The molecular formula is C17H12F2N2O3S. The molecule has 0 aliphatic heterocycles. The summed E-state index contributed by atoms with van der Waals surface area (Å²) in [4.78, 5) is 28.0. The van der Waals surface area contributed by atoms with Crippen molar-refractivity contribution < 1.29 is 23.1 Å². The van der Waals surface area contributed by atoms with Crippen LogP contribution in [0, 0.1) is 11.6 Å². The molecule has 25 heavy (non-hydrogen) atoms. The van der Waals surface area contributed by atoms with Crippen LogP contribution >= 0.6 is 11.3 Å². The zero-order chi connectivity index (χ0) is 18.0. The Labute approximate surface area is 144 Å². The Morgan fingerprint density at radius 2 is 1.96 bits per heavy atom. The van der Waals surface area contributed by atoms with E-state index in [1.807, 2.05) is 0 Å². The van der Waals surface area contributed by atoms with Gasteiger partial charge in [0.25, 0.3) is 5.91 Å². The lowest BCUT2D eigenvalue weighted by molar-refractivity contribution is -0.141. The van der Waals surface area contributed by atoms with Gasteiger partial charge in [0.2, 0.25) is 0 Å². The monoisotopic (exact) mass is 362 g/mol. The molecule has 0 aliphatic rings. The molecule has 0 saturated heterocycles. The van der Waals surface area contributed by atoms with Crippen LogP contribution in [0.2, 0.25) is 0 Å². The number of fused-ring (bicyclic) bond motifs is 1. The van der Waals surface area contributed by atoms with E-state index < -0.39 is 23.5 Å². The maximum absolute atomic E-state index is 13.8. The van der Waals surface area contributed by atoms with Crippen molar-refractivity contribution in [2.24, 2.45) is 4.99 Å². The Bertz CT molecular complexity index is 1040. The van der Waals surface area contributed by atoms with Gasteiger partial charge in [-0.05, 0) is 30.3 Å². The van der Waals surface area contributed by atoms with E-state index in [1.54, 1.807) is 0 Å². The second kappa shape index (κ2) is 6.94. The standard InChI is InChI=1S/C17H12F2N2O3S/c1-24-15(22)9-21-13-7-6-10(18)8-14(13)25-17(21)20-16(23)11-4-2-3-5-12(11)19/h2-8H,9H2,1H3. The van der Waals surface area contributed by atoms with Crippen LogP contribution in [0.4, 0.5) is 8.78 Å². The maximum Gasteiger partial charge on any atom is 0.325 e. The lowest BCUT2D eigenvalue weighted by atomic mass is 10.2. The van der Waals surface area contributed by atoms with Crippen molar-refractivity contribution in [1.82, 2.24) is 4.57 Å². The summed E-state index contributed by atoms with van der Waals surface area (Å²) in [5, 5.41) is 0. The third-order valence-electron chi connectivity index (χ3n) is 3.46. The number of benzene rings is 2. The highest BCUT2D eigenvalue weighted by molar-refractivity contribution is 7.16. The van der Waals surface area contributed by atoms with Crippen LogP contribution in [0.15, 0.2) is 47.5 Å². The first-order valence-corrected chi connectivity index (χ1v) is 8.00. The van der Waals surface area contributed by atoms with Crippen molar-refractivity contribution in [1.29, 1.82) is 0 Å². The van der Waals surface area contributed by atoms with E-state index >= 15 is 0 Å². The molecule has 0 spiro atoms. The first kappa shape index (κ1) is 17.0. The highest BCUT2D eigenvalue weighted by atomic mass is 32.1. The number of halogens is 2. The number of nitrogens with zero attached hydrogens (tertiary/aromatic N) is 2. The highest BCUT2D eigenvalue weighted by Gasteiger charge is 2.14. The Kier molecular flexibility index (Phi) is 4.71. The summed E-state index contributed by atoms with van der Waals surface area (Å²) in [6.07, 6.45) is 0. The van der Waals surface area contributed by atoms with Gasteiger partial charge in [-0.2, -0.15) is 4.99 Å². The topological polar surface area (TPSA) is 60.7 Å². The van der Waals surface area contributed by atoms with Gasteiger partial charge >= 0.3 is 5.97 Å². The molecule has 1 aromatic heterocycles. The summed E-state index contributed by atoms with van der Waals surface area (Å²) >= 11 is 1.02. The summed E-state index contributed by atoms with van der Waals surface area (Å²) < 4.78 is 33.8. The van der Waals surface area contributed by atoms with E-state index in [2.05, 4.69) is 9.73 Å². The molecule has 3 rings (SSSR count). The Balaban J connectivity index is 2.17. The second-order valence-corrected chi connectivity index (χ2v) is 6.06. The number of ether oxygens (including phenoxy) is 1. The smallest absolute Gasteiger partial charge is 0.325 e. The number of rotatable bonds is 3. The number of thiazole rings is 1. The molecular weight excluding hydrogens is 350 g/mol. The number of hydrogen-bond donors (Lipinski definition) is 0. The third-order valence-corrected chi connectivity index (χ3v) is 4.50. The number of methoxy groups -OCH3 is 1. The normalized spacial score (nSPS) is 11.7. The molecule has 3 aromatic rings. The number of amides is 1. The summed E-state index contributed by atoms with van der Waals surface area (Å²) in [5.41, 5.74) is 0.340. The first-order chi connectivity index (χ1) is 12.0. The molecule has 0 fully saturated rings. The lowest BCUT2D eigenvalue weighted by Gasteiger charge is -2.03. The van der Waals surface area contributed by atoms with Crippen molar-refractivity contribution in [2.75, 3.05) is 7.11 Å². The van der Waals surface area contributed by atoms with Crippen molar-refractivity contribution in [3.8, 4) is 0 Å². The second-order valence-electron chi connectivity index (χ2n) is 5.06. The van der Waals surface area contributed by atoms with E-state index in [1.165, 1.54) is 48.1 Å². The van der Waals surface area contributed by atoms with Gasteiger partial charge in [-0.25, -0.2) is 8.78 Å². The maximum atomic E-state index is 13.8. The predicted octanol–water partition coefficient (Wildman–Crippen LogP) is 2.90. The van der Waals surface area contributed by atoms with Crippen molar-refractivity contribution >= 4 is 33.4 Å². The number of carbonyl (C=O) groups excluding carboxylic acids is 2. The zero-order valence-corrected chi connectivity index (χ0v) is 13.8. The van der Waals surface area contributed by atoms with Crippen molar-refractivity contribution in [3.05, 3.63) is 64.5 Å². The van der Waals surface area contributed by atoms with E-state index in [9.17, 15) is 18.4 Å². The fourth-order valence-corrected chi connectivity index (χ4v) is 3.31. The molecule has 0 atom stereocenters. The molecule has 8 heteroatoms. The van der Waals surface area contributed by atoms with Crippen LogP contribution in [0.3, 0.4) is 0 Å². The minimum atomic E-state index is -0.788. The van der Waals surface area contributed by atoms with Crippen LogP contribution in [0.5, 0.6) is 0 Å². The van der Waals surface area contributed by atoms with Crippen molar-refractivity contribution in [3.63, 3.8) is 0 Å². The average Bonchev–Trinajstić information content (AvgIpc) is 2.91. The fourth-order valence-electron chi connectivity index (χ4n) is 2.26. The Morgan fingerprint density at radius 1 is 1.20 bits per heavy atom. The molecule has 128 valence electrons. The quantitative estimate of drug-likeness (QED) is 0.673. The molecule has 1 amide bonds. The minimum Gasteiger partial charge on any atom is -0.468 e. The summed E-state index contributed by atoms with van der Waals surface area (Å²) in [6.45, 7) is -0.203. The van der Waals surface area contributed by atoms with E-state index in [4.69, 9.17) is 0 Å². The number of carbonyl (C=O) groups is 2. The Hall–Kier alpha value is -2.87. The van der Waals surface area contributed by atoms with Crippen LogP contribution in [-0.4, -0.2) is 23.6 Å². The molecule has 0 unspecified atom stereocenters. The molecule has 0 N–H and O–H groups in total. The average molecular weight is 362 g/mol. The molecule has 5 nitrogen and oxygen atoms in total. The molecule has 0 bridgehead atoms. The van der Waals surface area contributed by atoms with Crippen LogP contribution in [0.25, 0.3) is 10.2 Å². The summed E-state index contributed by atoms with van der Waals surface area (Å²) in [6, 6.07) is 9.47. The SMILES string of the molecule is COC(=O)Cn1c(=NC(=O)c2ccccc2F)sc2cc(F)ccc21. The molecule has 1 heterocycles. The lowest BCUT2D eigenvalue weighted by Crippen LogP contribution is -2.22. The first-order valence-electron chi connectivity index (χ1n) is 7.19. The highest BCUT2D eigenvalue weighted by Crippen LogP contribution is 2.19. The van der Waals surface area contributed by atoms with Gasteiger partial charge in [0, 0.05) is 0 Å². The van der Waals surface area contributed by atoms with Gasteiger partial charge in [0.15, 0.2) is 4.80 Å². The fraction of sp³-hybridized carbons (Fsp3) is 0.118. The zero-order valence-electron chi connectivity index (χ0n) is 13.0. The number of aromatic nitrogens is 1. The predicted molar refractivity (Wildman–Crippen MR) is 88.1 cm³/mol. The van der Waals surface area contributed by atoms with Crippen LogP contribution < -0.4 is 4.80 Å². The minimum absolute atomic E-state index is 0.152. The molecule has 0 radical (unpaired) electrons. The summed E-state index contributed by atoms with van der Waals surface area (Å²) in [5.74, 6) is -2.48. The van der Waals surface area contributed by atoms with Crippen molar-refractivity contribution in [2.45, 2.75) is 6.54 Å². The van der Waals surface area contributed by atoms with Gasteiger partial charge in [0.05, 0.1) is 22.9 Å². The van der Waals surface area contributed by atoms with E-state index in [0.717, 1.165) is 17.4 Å². The molecule has 2 aromatic carbocycles. The summed E-state index contributed by atoms with van der Waals surface area (Å²) in [7, 11) is 1.23. The van der Waals surface area contributed by atoms with Gasteiger partial charge in [-0.1, -0.05) is 23.5 Å². The third kappa shape index (κ3) is 3.48. The Morgan fingerprint density at radius 3 is 2.68 bits per heavy atom. The van der Waals surface area contributed by atoms with Gasteiger partial charge in [-0.15, -0.1) is 0 Å². The van der Waals surface area contributed by atoms with E-state index in [0.29, 0.717) is 10.2 Å². The van der Waals surface area contributed by atoms with Gasteiger partial charge in [0.1, 0.15) is 18.2 Å². The van der Waals surface area contributed by atoms with Crippen LogP contribution in [0.1, 0.15) is 10.4 Å². The molecule has 0 saturated carbocycles. The largest absolute Gasteiger partial charge is 0.468 e. The van der Waals surface area contributed by atoms with Gasteiger partial charge in [-0.3, -0.25) is 9.59 Å². The van der Waals surface area contributed by atoms with Crippen LogP contribution in [-0.2, 0) is 16.1 Å².